The Hall–Kier alpha value is -1.02. The molecule has 1 unspecified atom stereocenters. The minimum absolute atomic E-state index is 0.463. The van der Waals surface area contributed by atoms with E-state index in [-0.39, 0.29) is 0 Å². The van der Waals surface area contributed by atoms with Gasteiger partial charge >= 0.3 is 0 Å². The first-order valence-corrected chi connectivity index (χ1v) is 8.54. The average Bonchev–Trinajstić information content (AvgIpc) is 2.50. The summed E-state index contributed by atoms with van der Waals surface area (Å²) in [5.41, 5.74) is 2.59. The molecule has 1 aromatic carbocycles. The summed E-state index contributed by atoms with van der Waals surface area (Å²) in [4.78, 5) is 0. The van der Waals surface area contributed by atoms with E-state index in [0.29, 0.717) is 6.04 Å². The Bertz CT molecular complexity index is 389. The minimum atomic E-state index is 0.463. The Kier molecular flexibility index (Phi) is 9.16. The Labute approximate surface area is 131 Å². The number of rotatable bonds is 11. The van der Waals surface area contributed by atoms with E-state index in [1.165, 1.54) is 62.5 Å². The smallest absolute Gasteiger partial charge is 0.121 e. The van der Waals surface area contributed by atoms with E-state index in [9.17, 15) is 0 Å². The molecule has 21 heavy (non-hydrogen) atoms. The Morgan fingerprint density at radius 2 is 1.71 bits per heavy atom. The van der Waals surface area contributed by atoms with E-state index < -0.39 is 0 Å². The SMILES string of the molecule is CCCCCCCCCC(NC)c1ccc(OC)c(C)c1. The minimum Gasteiger partial charge on any atom is -0.496 e. The first kappa shape index (κ1) is 18.0. The van der Waals surface area contributed by atoms with E-state index in [1.54, 1.807) is 7.11 Å². The standard InChI is InChI=1S/C19H33NO/c1-5-6-7-8-9-10-11-12-18(20-3)17-13-14-19(21-4)16(2)15-17/h13-15,18,20H,5-12H2,1-4H3. The maximum absolute atomic E-state index is 5.34. The van der Waals surface area contributed by atoms with Crippen LogP contribution in [-0.4, -0.2) is 14.2 Å². The van der Waals surface area contributed by atoms with Crippen molar-refractivity contribution < 1.29 is 4.74 Å². The van der Waals surface area contributed by atoms with Crippen LogP contribution < -0.4 is 10.1 Å². The maximum atomic E-state index is 5.34. The number of unbranched alkanes of at least 4 members (excludes halogenated alkanes) is 6. The van der Waals surface area contributed by atoms with Gasteiger partial charge in [-0.25, -0.2) is 0 Å². The Balaban J connectivity index is 2.36. The van der Waals surface area contributed by atoms with Crippen LogP contribution in [0.25, 0.3) is 0 Å². The lowest BCUT2D eigenvalue weighted by Gasteiger charge is -2.18. The Morgan fingerprint density at radius 3 is 2.29 bits per heavy atom. The molecule has 0 amide bonds. The fraction of sp³-hybridized carbons (Fsp3) is 0.684. The molecule has 0 saturated carbocycles. The topological polar surface area (TPSA) is 21.3 Å². The van der Waals surface area contributed by atoms with Crippen molar-refractivity contribution in [3.05, 3.63) is 29.3 Å². The van der Waals surface area contributed by atoms with Crippen molar-refractivity contribution in [1.29, 1.82) is 0 Å². The van der Waals surface area contributed by atoms with E-state index in [0.717, 1.165) is 5.75 Å². The molecule has 0 radical (unpaired) electrons. The van der Waals surface area contributed by atoms with E-state index in [4.69, 9.17) is 4.74 Å². The zero-order valence-electron chi connectivity index (χ0n) is 14.4. The molecule has 2 heteroatoms. The van der Waals surface area contributed by atoms with Crippen LogP contribution in [0, 0.1) is 6.92 Å². The third kappa shape index (κ3) is 6.52. The normalized spacial score (nSPS) is 12.4. The Morgan fingerprint density at radius 1 is 1.05 bits per heavy atom. The zero-order chi connectivity index (χ0) is 15.5. The predicted octanol–water partition coefficient (Wildman–Crippen LogP) is 5.40. The molecule has 120 valence electrons. The molecule has 0 aliphatic rings. The van der Waals surface area contributed by atoms with E-state index >= 15 is 0 Å². The molecule has 1 atom stereocenters. The number of hydrogen-bond acceptors (Lipinski definition) is 2. The molecule has 0 spiro atoms. The highest BCUT2D eigenvalue weighted by atomic mass is 16.5. The summed E-state index contributed by atoms with van der Waals surface area (Å²) in [7, 11) is 3.79. The summed E-state index contributed by atoms with van der Waals surface area (Å²) in [5, 5.41) is 3.45. The van der Waals surface area contributed by atoms with Gasteiger partial charge in [0.15, 0.2) is 0 Å². The van der Waals surface area contributed by atoms with Crippen LogP contribution in [0.15, 0.2) is 18.2 Å². The number of aryl methyl sites for hydroxylation is 1. The molecule has 0 saturated heterocycles. The lowest BCUT2D eigenvalue weighted by atomic mass is 9.98. The summed E-state index contributed by atoms with van der Waals surface area (Å²) < 4.78 is 5.34. The highest BCUT2D eigenvalue weighted by Gasteiger charge is 2.10. The highest BCUT2D eigenvalue weighted by molar-refractivity contribution is 5.37. The number of ether oxygens (including phenoxy) is 1. The van der Waals surface area contributed by atoms with Crippen molar-refractivity contribution in [2.75, 3.05) is 14.2 Å². The second kappa shape index (κ2) is 10.7. The predicted molar refractivity (Wildman–Crippen MR) is 92.1 cm³/mol. The molecule has 0 fully saturated rings. The lowest BCUT2D eigenvalue weighted by molar-refractivity contribution is 0.411. The summed E-state index contributed by atoms with van der Waals surface area (Å²) in [6.45, 7) is 4.39. The lowest BCUT2D eigenvalue weighted by Crippen LogP contribution is -2.16. The van der Waals surface area contributed by atoms with E-state index in [1.807, 2.05) is 0 Å². The van der Waals surface area contributed by atoms with Crippen LogP contribution in [0.2, 0.25) is 0 Å². The molecule has 0 bridgehead atoms. The summed E-state index contributed by atoms with van der Waals surface area (Å²) in [6, 6.07) is 6.99. The van der Waals surface area contributed by atoms with Gasteiger partial charge in [0.2, 0.25) is 0 Å². The van der Waals surface area contributed by atoms with Crippen molar-refractivity contribution in [2.24, 2.45) is 0 Å². The number of methoxy groups -OCH3 is 1. The van der Waals surface area contributed by atoms with Crippen LogP contribution in [0.1, 0.15) is 75.5 Å². The molecule has 0 heterocycles. The summed E-state index contributed by atoms with van der Waals surface area (Å²) >= 11 is 0. The van der Waals surface area contributed by atoms with Gasteiger partial charge in [0.1, 0.15) is 5.75 Å². The van der Waals surface area contributed by atoms with Gasteiger partial charge in [-0.05, 0) is 37.6 Å². The average molecular weight is 291 g/mol. The third-order valence-corrected chi connectivity index (χ3v) is 4.27. The number of hydrogen-bond donors (Lipinski definition) is 1. The first-order chi connectivity index (χ1) is 10.2. The summed E-state index contributed by atoms with van der Waals surface area (Å²) in [6.07, 6.45) is 10.8. The van der Waals surface area contributed by atoms with Crippen molar-refractivity contribution in [3.8, 4) is 5.75 Å². The van der Waals surface area contributed by atoms with Gasteiger partial charge in [0.25, 0.3) is 0 Å². The molecule has 1 rings (SSSR count). The second-order valence-electron chi connectivity index (χ2n) is 5.98. The number of nitrogens with one attached hydrogen (secondary N) is 1. The first-order valence-electron chi connectivity index (χ1n) is 8.54. The zero-order valence-corrected chi connectivity index (χ0v) is 14.4. The molecule has 2 nitrogen and oxygen atoms in total. The molecular weight excluding hydrogens is 258 g/mol. The quantitative estimate of drug-likeness (QED) is 0.551. The highest BCUT2D eigenvalue weighted by Crippen LogP contribution is 2.25. The molecular formula is C19H33NO. The fourth-order valence-electron chi connectivity index (χ4n) is 2.90. The number of benzene rings is 1. The van der Waals surface area contributed by atoms with Crippen LogP contribution in [0.3, 0.4) is 0 Å². The fourth-order valence-corrected chi connectivity index (χ4v) is 2.90. The molecule has 0 aliphatic carbocycles. The van der Waals surface area contributed by atoms with Gasteiger partial charge in [-0.1, -0.05) is 64.0 Å². The van der Waals surface area contributed by atoms with Gasteiger partial charge in [-0.2, -0.15) is 0 Å². The third-order valence-electron chi connectivity index (χ3n) is 4.27. The van der Waals surface area contributed by atoms with Gasteiger partial charge in [0, 0.05) is 6.04 Å². The molecule has 0 aromatic heterocycles. The maximum Gasteiger partial charge on any atom is 0.121 e. The van der Waals surface area contributed by atoms with Crippen LogP contribution in [-0.2, 0) is 0 Å². The van der Waals surface area contributed by atoms with Crippen LogP contribution in [0.4, 0.5) is 0 Å². The van der Waals surface area contributed by atoms with Crippen molar-refractivity contribution in [2.45, 2.75) is 71.3 Å². The van der Waals surface area contributed by atoms with Gasteiger partial charge in [0.05, 0.1) is 7.11 Å². The van der Waals surface area contributed by atoms with Crippen LogP contribution in [0.5, 0.6) is 5.75 Å². The van der Waals surface area contributed by atoms with Crippen LogP contribution >= 0.6 is 0 Å². The monoisotopic (exact) mass is 291 g/mol. The van der Waals surface area contributed by atoms with E-state index in [2.05, 4.69) is 44.4 Å². The molecule has 1 aromatic rings. The summed E-state index contributed by atoms with van der Waals surface area (Å²) in [5.74, 6) is 0.976. The molecule has 1 N–H and O–H groups in total. The van der Waals surface area contributed by atoms with Crippen molar-refractivity contribution >= 4 is 0 Å². The second-order valence-corrected chi connectivity index (χ2v) is 5.98. The van der Waals surface area contributed by atoms with Gasteiger partial charge in [-0.15, -0.1) is 0 Å². The van der Waals surface area contributed by atoms with Gasteiger partial charge < -0.3 is 10.1 Å². The van der Waals surface area contributed by atoms with Gasteiger partial charge in [-0.3, -0.25) is 0 Å². The van der Waals surface area contributed by atoms with Crippen molar-refractivity contribution in [3.63, 3.8) is 0 Å². The van der Waals surface area contributed by atoms with Crippen molar-refractivity contribution in [1.82, 2.24) is 5.32 Å². The molecule has 0 aliphatic heterocycles. The largest absolute Gasteiger partial charge is 0.496 e.